The highest BCUT2D eigenvalue weighted by atomic mass is 32.1. The minimum Gasteiger partial charge on any atom is -0.334 e. The molecule has 0 radical (unpaired) electrons. The second kappa shape index (κ2) is 4.77. The van der Waals surface area contributed by atoms with Crippen molar-refractivity contribution in [2.45, 2.75) is 19.4 Å². The normalized spacial score (nSPS) is 22.5. The summed E-state index contributed by atoms with van der Waals surface area (Å²) in [5.41, 5.74) is 0. The van der Waals surface area contributed by atoms with Crippen molar-refractivity contribution in [3.05, 3.63) is 22.4 Å². The molecule has 0 bridgehead atoms. The van der Waals surface area contributed by atoms with Crippen LogP contribution in [0, 0.1) is 0 Å². The van der Waals surface area contributed by atoms with Crippen LogP contribution in [0.4, 0.5) is 0 Å². The number of nitrogens with one attached hydrogen (secondary N) is 1. The van der Waals surface area contributed by atoms with Crippen LogP contribution in [0.15, 0.2) is 17.5 Å². The summed E-state index contributed by atoms with van der Waals surface area (Å²) in [7, 11) is 0. The first-order valence-electron chi connectivity index (χ1n) is 5.34. The van der Waals surface area contributed by atoms with Crippen molar-refractivity contribution in [3.63, 3.8) is 0 Å². The molecule has 2 rings (SSSR count). The number of carbonyl (C=O) groups excluding carboxylic acids is 1. The molecule has 1 fully saturated rings. The van der Waals surface area contributed by atoms with Crippen molar-refractivity contribution in [1.29, 1.82) is 0 Å². The van der Waals surface area contributed by atoms with E-state index in [-0.39, 0.29) is 5.91 Å². The Balaban J connectivity index is 2.11. The van der Waals surface area contributed by atoms with Gasteiger partial charge in [0.2, 0.25) is 0 Å². The average molecular weight is 224 g/mol. The fourth-order valence-corrected chi connectivity index (χ4v) is 2.53. The summed E-state index contributed by atoms with van der Waals surface area (Å²) >= 11 is 1.52. The molecule has 1 aromatic heterocycles. The molecule has 1 aliphatic rings. The molecule has 2 heterocycles. The number of carbonyl (C=O) groups is 1. The highest BCUT2D eigenvalue weighted by Gasteiger charge is 2.23. The quantitative estimate of drug-likeness (QED) is 0.785. The Morgan fingerprint density at radius 1 is 1.60 bits per heavy atom. The van der Waals surface area contributed by atoms with Crippen LogP contribution in [0.2, 0.25) is 0 Å². The summed E-state index contributed by atoms with van der Waals surface area (Å²) in [5.74, 6) is 0.182. The van der Waals surface area contributed by atoms with Crippen molar-refractivity contribution < 1.29 is 4.79 Å². The summed E-state index contributed by atoms with van der Waals surface area (Å²) in [6.07, 6.45) is 1.04. The van der Waals surface area contributed by atoms with Gasteiger partial charge in [-0.05, 0) is 31.3 Å². The molecule has 0 spiro atoms. The van der Waals surface area contributed by atoms with Crippen LogP contribution in [-0.2, 0) is 0 Å². The minimum absolute atomic E-state index is 0.182. The van der Waals surface area contributed by atoms with Crippen molar-refractivity contribution in [1.82, 2.24) is 10.2 Å². The summed E-state index contributed by atoms with van der Waals surface area (Å²) in [5, 5.41) is 5.27. The van der Waals surface area contributed by atoms with Gasteiger partial charge in [0.05, 0.1) is 4.88 Å². The summed E-state index contributed by atoms with van der Waals surface area (Å²) < 4.78 is 0. The molecule has 0 aromatic carbocycles. The second-order valence-electron chi connectivity index (χ2n) is 3.86. The SMILES string of the molecule is CC1CCNCCN1C(=O)c1cccs1. The smallest absolute Gasteiger partial charge is 0.264 e. The first kappa shape index (κ1) is 10.6. The molecular weight excluding hydrogens is 208 g/mol. The molecule has 1 atom stereocenters. The first-order chi connectivity index (χ1) is 7.29. The average Bonchev–Trinajstić information content (AvgIpc) is 2.68. The predicted molar refractivity (Wildman–Crippen MR) is 62.3 cm³/mol. The molecule has 0 saturated carbocycles. The number of amides is 1. The Morgan fingerprint density at radius 2 is 2.47 bits per heavy atom. The number of nitrogens with zero attached hydrogens (tertiary/aromatic N) is 1. The van der Waals surface area contributed by atoms with Gasteiger partial charge in [-0.25, -0.2) is 0 Å². The van der Waals surface area contributed by atoms with Gasteiger partial charge in [-0.1, -0.05) is 6.07 Å². The third-order valence-electron chi connectivity index (χ3n) is 2.79. The molecule has 0 aliphatic carbocycles. The fraction of sp³-hybridized carbons (Fsp3) is 0.545. The Labute approximate surface area is 94.1 Å². The van der Waals surface area contributed by atoms with Gasteiger partial charge in [0.15, 0.2) is 0 Å². The Bertz CT molecular complexity index is 323. The zero-order valence-corrected chi connectivity index (χ0v) is 9.72. The highest BCUT2D eigenvalue weighted by molar-refractivity contribution is 7.12. The van der Waals surface area contributed by atoms with Crippen LogP contribution < -0.4 is 5.32 Å². The maximum absolute atomic E-state index is 12.1. The molecule has 4 heteroatoms. The van der Waals surface area contributed by atoms with Crippen molar-refractivity contribution >= 4 is 17.2 Å². The standard InChI is InChI=1S/C11H16N2OS/c1-9-4-5-12-6-7-13(9)11(14)10-3-2-8-15-10/h2-3,8-9,12H,4-7H2,1H3. The molecule has 1 saturated heterocycles. The lowest BCUT2D eigenvalue weighted by Crippen LogP contribution is -2.39. The van der Waals surface area contributed by atoms with E-state index < -0.39 is 0 Å². The van der Waals surface area contributed by atoms with Gasteiger partial charge in [-0.15, -0.1) is 11.3 Å². The van der Waals surface area contributed by atoms with E-state index in [0.29, 0.717) is 6.04 Å². The topological polar surface area (TPSA) is 32.3 Å². The van der Waals surface area contributed by atoms with Gasteiger partial charge in [-0.2, -0.15) is 0 Å². The highest BCUT2D eigenvalue weighted by Crippen LogP contribution is 2.15. The lowest BCUT2D eigenvalue weighted by Gasteiger charge is -2.26. The third-order valence-corrected chi connectivity index (χ3v) is 3.65. The zero-order valence-electron chi connectivity index (χ0n) is 8.90. The Kier molecular flexibility index (Phi) is 3.38. The first-order valence-corrected chi connectivity index (χ1v) is 6.22. The fourth-order valence-electron chi connectivity index (χ4n) is 1.86. The van der Waals surface area contributed by atoms with E-state index in [2.05, 4.69) is 12.2 Å². The van der Waals surface area contributed by atoms with Crippen LogP contribution in [0.3, 0.4) is 0 Å². The van der Waals surface area contributed by atoms with Crippen LogP contribution in [-0.4, -0.2) is 36.5 Å². The molecule has 1 amide bonds. The molecule has 1 aliphatic heterocycles. The van der Waals surface area contributed by atoms with E-state index in [4.69, 9.17) is 0 Å². The van der Waals surface area contributed by atoms with Crippen LogP contribution >= 0.6 is 11.3 Å². The molecule has 82 valence electrons. The van der Waals surface area contributed by atoms with Crippen LogP contribution in [0.5, 0.6) is 0 Å². The van der Waals surface area contributed by atoms with Gasteiger partial charge in [0.1, 0.15) is 0 Å². The van der Waals surface area contributed by atoms with Crippen molar-refractivity contribution in [3.8, 4) is 0 Å². The Hall–Kier alpha value is -0.870. The summed E-state index contributed by atoms with van der Waals surface area (Å²) in [4.78, 5) is 15.0. The van der Waals surface area contributed by atoms with Crippen molar-refractivity contribution in [2.24, 2.45) is 0 Å². The van der Waals surface area contributed by atoms with Crippen LogP contribution in [0.1, 0.15) is 23.0 Å². The van der Waals surface area contributed by atoms with Gasteiger partial charge >= 0.3 is 0 Å². The second-order valence-corrected chi connectivity index (χ2v) is 4.81. The molecule has 3 nitrogen and oxygen atoms in total. The summed E-state index contributed by atoms with van der Waals surface area (Å²) in [6.45, 7) is 4.85. The molecule has 1 unspecified atom stereocenters. The van der Waals surface area contributed by atoms with Crippen molar-refractivity contribution in [2.75, 3.05) is 19.6 Å². The van der Waals surface area contributed by atoms with E-state index in [1.54, 1.807) is 0 Å². The lowest BCUT2D eigenvalue weighted by molar-refractivity contribution is 0.0709. The van der Waals surface area contributed by atoms with Gasteiger partial charge < -0.3 is 10.2 Å². The number of rotatable bonds is 1. The van der Waals surface area contributed by atoms with E-state index in [1.807, 2.05) is 22.4 Å². The zero-order chi connectivity index (χ0) is 10.7. The lowest BCUT2D eigenvalue weighted by atomic mass is 10.2. The maximum Gasteiger partial charge on any atom is 0.264 e. The van der Waals surface area contributed by atoms with E-state index >= 15 is 0 Å². The largest absolute Gasteiger partial charge is 0.334 e. The van der Waals surface area contributed by atoms with Gasteiger partial charge in [0, 0.05) is 19.1 Å². The van der Waals surface area contributed by atoms with Gasteiger partial charge in [-0.3, -0.25) is 4.79 Å². The number of thiophene rings is 1. The number of hydrogen-bond acceptors (Lipinski definition) is 3. The van der Waals surface area contributed by atoms with E-state index in [9.17, 15) is 4.79 Å². The maximum atomic E-state index is 12.1. The minimum atomic E-state index is 0.182. The predicted octanol–water partition coefficient (Wildman–Crippen LogP) is 1.57. The number of hydrogen-bond donors (Lipinski definition) is 1. The van der Waals surface area contributed by atoms with Gasteiger partial charge in [0.25, 0.3) is 5.91 Å². The molecule has 15 heavy (non-hydrogen) atoms. The van der Waals surface area contributed by atoms with Crippen LogP contribution in [0.25, 0.3) is 0 Å². The molecule has 1 aromatic rings. The molecular formula is C11H16N2OS. The monoisotopic (exact) mass is 224 g/mol. The third kappa shape index (κ3) is 2.38. The van der Waals surface area contributed by atoms with E-state index in [0.717, 1.165) is 30.9 Å². The van der Waals surface area contributed by atoms with E-state index in [1.165, 1.54) is 11.3 Å². The Morgan fingerprint density at radius 3 is 3.20 bits per heavy atom. The molecule has 1 N–H and O–H groups in total. The summed E-state index contributed by atoms with van der Waals surface area (Å²) in [6, 6.07) is 4.17.